The van der Waals surface area contributed by atoms with Crippen molar-refractivity contribution in [1.82, 2.24) is 0 Å². The molecule has 15 heavy (non-hydrogen) atoms. The van der Waals surface area contributed by atoms with Crippen LogP contribution in [0.25, 0.3) is 0 Å². The highest BCUT2D eigenvalue weighted by Crippen LogP contribution is 2.49. The van der Waals surface area contributed by atoms with Crippen LogP contribution in [0.4, 0.5) is 0 Å². The molecule has 1 heterocycles. The molecular formula is C8H13BO4P2. The van der Waals surface area contributed by atoms with E-state index in [1.54, 1.807) is 0 Å². The summed E-state index contributed by atoms with van der Waals surface area (Å²) < 4.78 is 10.7. The van der Waals surface area contributed by atoms with E-state index in [9.17, 15) is 9.90 Å². The molecule has 6 atom stereocenters. The molecule has 0 spiro atoms. The summed E-state index contributed by atoms with van der Waals surface area (Å²) in [6.07, 6.45) is 0.896. The van der Waals surface area contributed by atoms with Crippen molar-refractivity contribution in [2.24, 2.45) is 11.8 Å². The van der Waals surface area contributed by atoms with Gasteiger partial charge in [0.25, 0.3) is 0 Å². The molecule has 7 heteroatoms. The second-order valence-corrected chi connectivity index (χ2v) is 6.44. The number of ether oxygens (including phenoxy) is 1. The summed E-state index contributed by atoms with van der Waals surface area (Å²) >= 11 is 0. The van der Waals surface area contributed by atoms with Gasteiger partial charge in [0.05, 0.1) is 12.5 Å². The van der Waals surface area contributed by atoms with Gasteiger partial charge in [-0.05, 0) is 7.72 Å². The van der Waals surface area contributed by atoms with Gasteiger partial charge in [0.15, 0.2) is 7.57 Å². The summed E-state index contributed by atoms with van der Waals surface area (Å²) in [5.74, 6) is -0.0780. The van der Waals surface area contributed by atoms with Crippen LogP contribution in [0.5, 0.6) is 0 Å². The minimum atomic E-state index is -1.01. The molecule has 1 N–H and O–H groups in total. The third kappa shape index (κ3) is 2.36. The average molecular weight is 246 g/mol. The Labute approximate surface area is 93.4 Å². The first-order valence-electron chi connectivity index (χ1n) is 4.88. The van der Waals surface area contributed by atoms with Crippen LogP contribution >= 0.6 is 16.6 Å². The number of aliphatic hydroxyl groups is 1. The molecule has 6 unspecified atom stereocenters. The zero-order chi connectivity index (χ0) is 11.0. The van der Waals surface area contributed by atoms with Gasteiger partial charge < -0.3 is 14.4 Å². The number of esters is 1. The van der Waals surface area contributed by atoms with E-state index in [1.165, 1.54) is 0 Å². The topological polar surface area (TPSA) is 55.8 Å². The molecule has 0 aromatic heterocycles. The fourth-order valence-electron chi connectivity index (χ4n) is 2.49. The summed E-state index contributed by atoms with van der Waals surface area (Å²) in [6, 6.07) is 0. The minimum Gasteiger partial charge on any atom is -0.462 e. The second-order valence-electron chi connectivity index (χ2n) is 3.98. The molecule has 4 nitrogen and oxygen atoms in total. The highest BCUT2D eigenvalue weighted by Gasteiger charge is 2.50. The Balaban J connectivity index is 2.03. The van der Waals surface area contributed by atoms with Gasteiger partial charge in [-0.2, -0.15) is 0 Å². The molecule has 1 saturated heterocycles. The number of carbonyl (C=O) groups excluding carboxylic acids is 1. The monoisotopic (exact) mass is 246 g/mol. The van der Waals surface area contributed by atoms with Gasteiger partial charge in [-0.15, -0.1) is 0 Å². The lowest BCUT2D eigenvalue weighted by Gasteiger charge is -2.22. The first-order chi connectivity index (χ1) is 7.11. The summed E-state index contributed by atoms with van der Waals surface area (Å²) in [4.78, 5) is 11.1. The Morgan fingerprint density at radius 3 is 3.07 bits per heavy atom. The molecule has 0 amide bonds. The highest BCUT2D eigenvalue weighted by atomic mass is 32.0. The van der Waals surface area contributed by atoms with Crippen molar-refractivity contribution in [3.8, 4) is 0 Å². The predicted molar refractivity (Wildman–Crippen MR) is 60.4 cm³/mol. The van der Waals surface area contributed by atoms with Gasteiger partial charge in [0, 0.05) is 24.9 Å². The van der Waals surface area contributed by atoms with Crippen LogP contribution in [0, 0.1) is 11.8 Å². The normalized spacial score (nSPS) is 41.3. The first kappa shape index (κ1) is 11.8. The number of rotatable bonds is 3. The summed E-state index contributed by atoms with van der Waals surface area (Å²) in [5.41, 5.74) is 0. The van der Waals surface area contributed by atoms with Crippen molar-refractivity contribution in [3.63, 3.8) is 0 Å². The van der Waals surface area contributed by atoms with E-state index in [1.807, 2.05) is 0 Å². The Hall–Kier alpha value is 0.315. The fourth-order valence-corrected chi connectivity index (χ4v) is 3.51. The van der Waals surface area contributed by atoms with Crippen molar-refractivity contribution >= 4 is 30.2 Å². The maximum absolute atomic E-state index is 11.1. The lowest BCUT2D eigenvalue weighted by atomic mass is 9.93. The number of aliphatic hydroxyl groups excluding tert-OH is 1. The van der Waals surface area contributed by atoms with Crippen LogP contribution < -0.4 is 0 Å². The zero-order valence-corrected chi connectivity index (χ0v) is 10.3. The van der Waals surface area contributed by atoms with Crippen molar-refractivity contribution in [1.29, 1.82) is 0 Å². The van der Waals surface area contributed by atoms with Crippen LogP contribution in [-0.2, 0) is 14.1 Å². The van der Waals surface area contributed by atoms with Crippen LogP contribution in [0.3, 0.4) is 0 Å². The maximum Gasteiger partial charge on any atom is 0.306 e. The average Bonchev–Trinajstić information content (AvgIpc) is 2.59. The minimum absolute atomic E-state index is 0.0180. The summed E-state index contributed by atoms with van der Waals surface area (Å²) in [7, 11) is 6.99. The fraction of sp³-hybridized carbons (Fsp3) is 0.875. The number of hydrogen-bond donors (Lipinski definition) is 1. The molecule has 82 valence electrons. The smallest absolute Gasteiger partial charge is 0.306 e. The Bertz CT molecular complexity index is 263. The first-order valence-corrected chi connectivity index (χ1v) is 7.83. The molecule has 0 aromatic carbocycles. The van der Waals surface area contributed by atoms with Crippen molar-refractivity contribution < 1.29 is 19.2 Å². The van der Waals surface area contributed by atoms with E-state index < -0.39 is 7.72 Å². The Morgan fingerprint density at radius 2 is 2.47 bits per heavy atom. The van der Waals surface area contributed by atoms with Gasteiger partial charge in [0.1, 0.15) is 6.10 Å². The third-order valence-electron chi connectivity index (χ3n) is 3.12. The van der Waals surface area contributed by atoms with Crippen LogP contribution in [0.2, 0.25) is 0 Å². The lowest BCUT2D eigenvalue weighted by molar-refractivity contribution is -0.141. The number of carbonyl (C=O) groups is 1. The molecule has 2 rings (SSSR count). The maximum atomic E-state index is 11.1. The van der Waals surface area contributed by atoms with Crippen LogP contribution in [0.1, 0.15) is 12.8 Å². The SMILES string of the molecule is [B]P(P)OC1CC2OC(=O)CC2C1CO. The molecule has 1 saturated carbocycles. The predicted octanol–water partition coefficient (Wildman–Crippen LogP) is 0.586. The molecule has 1 aliphatic carbocycles. The lowest BCUT2D eigenvalue weighted by Crippen LogP contribution is -2.24. The molecule has 2 aliphatic rings. The standard InChI is InChI=1S/C8H13BO4P2/c9-15(14)13-7-2-6-4(5(7)3-10)1-8(11)12-6/h4-7,10H,1-3,14H2. The molecule has 1 aliphatic heterocycles. The van der Waals surface area contributed by atoms with Gasteiger partial charge >= 0.3 is 5.97 Å². The molecular weight excluding hydrogens is 233 g/mol. The zero-order valence-electron chi connectivity index (χ0n) is 8.20. The van der Waals surface area contributed by atoms with Crippen molar-refractivity contribution in [2.45, 2.75) is 25.0 Å². The van der Waals surface area contributed by atoms with E-state index in [-0.39, 0.29) is 36.6 Å². The van der Waals surface area contributed by atoms with Gasteiger partial charge in [-0.25, -0.2) is 0 Å². The van der Waals surface area contributed by atoms with E-state index >= 15 is 0 Å². The van der Waals surface area contributed by atoms with Crippen molar-refractivity contribution in [3.05, 3.63) is 0 Å². The van der Waals surface area contributed by atoms with E-state index in [2.05, 4.69) is 8.93 Å². The summed E-state index contributed by atoms with van der Waals surface area (Å²) in [6.45, 7) is 0.0241. The quantitative estimate of drug-likeness (QED) is 0.449. The molecule has 2 radical (unpaired) electrons. The van der Waals surface area contributed by atoms with Gasteiger partial charge in [-0.1, -0.05) is 8.93 Å². The van der Waals surface area contributed by atoms with E-state index in [0.29, 0.717) is 12.8 Å². The Kier molecular flexibility index (Phi) is 3.67. The molecule has 0 bridgehead atoms. The van der Waals surface area contributed by atoms with Crippen molar-refractivity contribution in [2.75, 3.05) is 6.61 Å². The van der Waals surface area contributed by atoms with E-state index in [0.717, 1.165) is 0 Å². The van der Waals surface area contributed by atoms with Crippen LogP contribution in [-0.4, -0.2) is 37.5 Å². The van der Waals surface area contributed by atoms with Gasteiger partial charge in [0.2, 0.25) is 0 Å². The number of hydrogen-bond acceptors (Lipinski definition) is 4. The number of fused-ring (bicyclic) bond motifs is 1. The molecule has 2 fully saturated rings. The third-order valence-corrected chi connectivity index (χ3v) is 4.00. The van der Waals surface area contributed by atoms with E-state index in [4.69, 9.17) is 16.8 Å². The van der Waals surface area contributed by atoms with Gasteiger partial charge in [-0.3, -0.25) is 4.79 Å². The second kappa shape index (κ2) is 4.67. The Morgan fingerprint density at radius 1 is 1.73 bits per heavy atom. The highest BCUT2D eigenvalue weighted by molar-refractivity contribution is 8.23. The largest absolute Gasteiger partial charge is 0.462 e. The van der Waals surface area contributed by atoms with Crippen LogP contribution in [0.15, 0.2) is 0 Å². The molecule has 0 aromatic rings. The summed E-state index contributed by atoms with van der Waals surface area (Å²) in [5, 5.41) is 9.30.